The second-order valence-corrected chi connectivity index (χ2v) is 6.34. The van der Waals surface area contributed by atoms with Crippen molar-refractivity contribution in [2.75, 3.05) is 0 Å². The van der Waals surface area contributed by atoms with Gasteiger partial charge in [-0.2, -0.15) is 10.2 Å². The van der Waals surface area contributed by atoms with Gasteiger partial charge in [-0.15, -0.1) is 0 Å². The van der Waals surface area contributed by atoms with Crippen molar-refractivity contribution in [3.8, 4) is 11.3 Å². The zero-order chi connectivity index (χ0) is 16.5. The third kappa shape index (κ3) is 2.71. The van der Waals surface area contributed by atoms with Crippen LogP contribution in [0.4, 0.5) is 0 Å². The standard InChI is InChI=1S/C20H20N4/c1-14(16-7-4-3-5-8-16)12-24-13-18-17(9-6-10-19(18)23-24)20-11-15(2)21-22-20/h3-11,13-14H,12H2,1-2H3,(H,21,22). The maximum Gasteiger partial charge on any atom is 0.0930 e. The molecule has 0 spiro atoms. The number of aromatic amines is 1. The molecule has 0 fully saturated rings. The van der Waals surface area contributed by atoms with Gasteiger partial charge in [0.05, 0.1) is 11.2 Å². The van der Waals surface area contributed by atoms with Gasteiger partial charge in [-0.1, -0.05) is 49.4 Å². The summed E-state index contributed by atoms with van der Waals surface area (Å²) in [5.74, 6) is 0.414. The first-order valence-corrected chi connectivity index (χ1v) is 8.24. The Hall–Kier alpha value is -2.88. The molecule has 0 aliphatic carbocycles. The molecule has 0 aliphatic rings. The predicted molar refractivity (Wildman–Crippen MR) is 96.9 cm³/mol. The van der Waals surface area contributed by atoms with E-state index in [-0.39, 0.29) is 0 Å². The molecule has 1 unspecified atom stereocenters. The number of hydrogen-bond acceptors (Lipinski definition) is 2. The Bertz CT molecular complexity index is 966. The first-order chi connectivity index (χ1) is 11.7. The van der Waals surface area contributed by atoms with Crippen molar-refractivity contribution in [1.82, 2.24) is 20.0 Å². The van der Waals surface area contributed by atoms with E-state index in [0.29, 0.717) is 5.92 Å². The Balaban J connectivity index is 1.69. The van der Waals surface area contributed by atoms with Crippen LogP contribution in [0.15, 0.2) is 60.8 Å². The minimum atomic E-state index is 0.414. The Morgan fingerprint density at radius 2 is 1.92 bits per heavy atom. The smallest absolute Gasteiger partial charge is 0.0930 e. The molecule has 24 heavy (non-hydrogen) atoms. The molecule has 0 radical (unpaired) electrons. The molecule has 0 saturated carbocycles. The third-order valence-corrected chi connectivity index (χ3v) is 4.41. The molecule has 4 aromatic rings. The van der Waals surface area contributed by atoms with Gasteiger partial charge in [0.1, 0.15) is 0 Å². The topological polar surface area (TPSA) is 46.5 Å². The minimum Gasteiger partial charge on any atom is -0.282 e. The fourth-order valence-electron chi connectivity index (χ4n) is 3.13. The lowest BCUT2D eigenvalue weighted by molar-refractivity contribution is 0.547. The van der Waals surface area contributed by atoms with Gasteiger partial charge in [0.25, 0.3) is 0 Å². The lowest BCUT2D eigenvalue weighted by Gasteiger charge is -2.11. The van der Waals surface area contributed by atoms with Crippen molar-refractivity contribution in [3.63, 3.8) is 0 Å². The van der Waals surface area contributed by atoms with Crippen LogP contribution < -0.4 is 0 Å². The van der Waals surface area contributed by atoms with Gasteiger partial charge < -0.3 is 0 Å². The number of H-pyrrole nitrogens is 1. The number of aromatic nitrogens is 4. The minimum absolute atomic E-state index is 0.414. The van der Waals surface area contributed by atoms with Crippen LogP contribution in [0.5, 0.6) is 0 Å². The fourth-order valence-corrected chi connectivity index (χ4v) is 3.13. The number of nitrogens with one attached hydrogen (secondary N) is 1. The van der Waals surface area contributed by atoms with E-state index >= 15 is 0 Å². The van der Waals surface area contributed by atoms with Crippen LogP contribution in [0.3, 0.4) is 0 Å². The van der Waals surface area contributed by atoms with Crippen LogP contribution in [0.2, 0.25) is 0 Å². The maximum absolute atomic E-state index is 4.75. The summed E-state index contributed by atoms with van der Waals surface area (Å²) >= 11 is 0. The van der Waals surface area contributed by atoms with E-state index in [1.165, 1.54) is 5.56 Å². The van der Waals surface area contributed by atoms with Gasteiger partial charge in [0.2, 0.25) is 0 Å². The molecule has 4 rings (SSSR count). The van der Waals surface area contributed by atoms with E-state index in [9.17, 15) is 0 Å². The van der Waals surface area contributed by atoms with Crippen LogP contribution in [0.1, 0.15) is 24.1 Å². The molecule has 0 aliphatic heterocycles. The number of fused-ring (bicyclic) bond motifs is 1. The van der Waals surface area contributed by atoms with Crippen LogP contribution in [-0.2, 0) is 6.54 Å². The van der Waals surface area contributed by atoms with Gasteiger partial charge in [0.15, 0.2) is 0 Å². The number of hydrogen-bond donors (Lipinski definition) is 1. The number of rotatable bonds is 4. The van der Waals surface area contributed by atoms with E-state index in [1.807, 2.05) is 17.7 Å². The molecule has 2 heterocycles. The zero-order valence-electron chi connectivity index (χ0n) is 13.9. The Morgan fingerprint density at radius 3 is 2.67 bits per heavy atom. The summed E-state index contributed by atoms with van der Waals surface area (Å²) in [4.78, 5) is 0. The molecule has 120 valence electrons. The van der Waals surface area contributed by atoms with Crippen molar-refractivity contribution >= 4 is 10.9 Å². The molecular formula is C20H20N4. The highest BCUT2D eigenvalue weighted by atomic mass is 15.3. The third-order valence-electron chi connectivity index (χ3n) is 4.41. The zero-order valence-corrected chi connectivity index (χ0v) is 13.9. The molecule has 0 amide bonds. The second kappa shape index (κ2) is 5.96. The van der Waals surface area contributed by atoms with Gasteiger partial charge >= 0.3 is 0 Å². The van der Waals surface area contributed by atoms with Crippen LogP contribution >= 0.6 is 0 Å². The van der Waals surface area contributed by atoms with E-state index in [0.717, 1.165) is 34.4 Å². The van der Waals surface area contributed by atoms with Crippen molar-refractivity contribution in [1.29, 1.82) is 0 Å². The van der Waals surface area contributed by atoms with Crippen molar-refractivity contribution in [2.24, 2.45) is 0 Å². The lowest BCUT2D eigenvalue weighted by Crippen LogP contribution is -2.06. The normalized spacial score (nSPS) is 12.6. The second-order valence-electron chi connectivity index (χ2n) is 6.34. The monoisotopic (exact) mass is 316 g/mol. The molecule has 2 aromatic carbocycles. The highest BCUT2D eigenvalue weighted by Gasteiger charge is 2.12. The summed E-state index contributed by atoms with van der Waals surface area (Å²) < 4.78 is 2.05. The van der Waals surface area contributed by atoms with Gasteiger partial charge in [-0.05, 0) is 24.6 Å². The molecule has 4 nitrogen and oxygen atoms in total. The summed E-state index contributed by atoms with van der Waals surface area (Å²) in [6.45, 7) is 5.11. The van der Waals surface area contributed by atoms with Crippen molar-refractivity contribution < 1.29 is 0 Å². The van der Waals surface area contributed by atoms with E-state index in [2.05, 4.69) is 71.8 Å². The first kappa shape index (κ1) is 14.7. The van der Waals surface area contributed by atoms with E-state index in [4.69, 9.17) is 5.10 Å². The molecule has 1 N–H and O–H groups in total. The maximum atomic E-state index is 4.75. The fraction of sp³-hybridized carbons (Fsp3) is 0.200. The SMILES string of the molecule is Cc1cc(-c2cccc3nn(CC(C)c4ccccc4)cc23)n[nH]1. The summed E-state index contributed by atoms with van der Waals surface area (Å²) in [6, 6.07) is 18.8. The summed E-state index contributed by atoms with van der Waals surface area (Å²) in [5.41, 5.74) is 5.49. The quantitative estimate of drug-likeness (QED) is 0.601. The highest BCUT2D eigenvalue weighted by Crippen LogP contribution is 2.28. The van der Waals surface area contributed by atoms with Crippen LogP contribution in [-0.4, -0.2) is 20.0 Å². The summed E-state index contributed by atoms with van der Waals surface area (Å²) in [6.07, 6.45) is 2.13. The van der Waals surface area contributed by atoms with Crippen LogP contribution in [0.25, 0.3) is 22.2 Å². The van der Waals surface area contributed by atoms with Gasteiger partial charge in [-0.3, -0.25) is 9.78 Å². The number of benzene rings is 2. The molecule has 4 heteroatoms. The van der Waals surface area contributed by atoms with Crippen molar-refractivity contribution in [2.45, 2.75) is 26.3 Å². The van der Waals surface area contributed by atoms with Gasteiger partial charge in [0, 0.05) is 35.3 Å². The molecule has 0 bridgehead atoms. The first-order valence-electron chi connectivity index (χ1n) is 8.24. The highest BCUT2D eigenvalue weighted by molar-refractivity contribution is 5.93. The Kier molecular flexibility index (Phi) is 3.65. The number of nitrogens with zero attached hydrogens (tertiary/aromatic N) is 3. The van der Waals surface area contributed by atoms with Crippen LogP contribution in [0, 0.1) is 6.92 Å². The summed E-state index contributed by atoms with van der Waals surface area (Å²) in [7, 11) is 0. The predicted octanol–water partition coefficient (Wildman–Crippen LogP) is 4.54. The van der Waals surface area contributed by atoms with Gasteiger partial charge in [-0.25, -0.2) is 0 Å². The Labute approximate surface area is 141 Å². The molecule has 1 atom stereocenters. The van der Waals surface area contributed by atoms with E-state index in [1.54, 1.807) is 0 Å². The largest absolute Gasteiger partial charge is 0.282 e. The summed E-state index contributed by atoms with van der Waals surface area (Å²) in [5, 5.41) is 13.3. The molecular weight excluding hydrogens is 296 g/mol. The Morgan fingerprint density at radius 1 is 1.08 bits per heavy atom. The molecule has 0 saturated heterocycles. The molecule has 2 aromatic heterocycles. The average Bonchev–Trinajstić information content (AvgIpc) is 3.21. The number of aryl methyl sites for hydroxylation is 1. The van der Waals surface area contributed by atoms with E-state index < -0.39 is 0 Å². The lowest BCUT2D eigenvalue weighted by atomic mass is 10.0. The average molecular weight is 316 g/mol. The van der Waals surface area contributed by atoms with Crippen molar-refractivity contribution in [3.05, 3.63) is 72.1 Å².